The SMILES string of the molecule is CC(C)C(C(=O)N1CCN(c2cccnn2)CC1)N1CCCC1. The van der Waals surface area contributed by atoms with Gasteiger partial charge in [-0.25, -0.2) is 0 Å². The summed E-state index contributed by atoms with van der Waals surface area (Å²) < 4.78 is 0. The molecule has 6 nitrogen and oxygen atoms in total. The predicted octanol–water partition coefficient (Wildman–Crippen LogP) is 1.25. The first-order valence-electron chi connectivity index (χ1n) is 8.72. The van der Waals surface area contributed by atoms with E-state index in [4.69, 9.17) is 0 Å². The number of hydrogen-bond acceptors (Lipinski definition) is 5. The van der Waals surface area contributed by atoms with E-state index in [2.05, 4.69) is 33.8 Å². The van der Waals surface area contributed by atoms with Crippen LogP contribution in [0.2, 0.25) is 0 Å². The van der Waals surface area contributed by atoms with Crippen molar-refractivity contribution in [3.8, 4) is 0 Å². The van der Waals surface area contributed by atoms with E-state index in [1.807, 2.05) is 17.0 Å². The van der Waals surface area contributed by atoms with Crippen molar-refractivity contribution >= 4 is 11.7 Å². The van der Waals surface area contributed by atoms with Crippen molar-refractivity contribution in [3.63, 3.8) is 0 Å². The maximum Gasteiger partial charge on any atom is 0.240 e. The summed E-state index contributed by atoms with van der Waals surface area (Å²) in [4.78, 5) is 19.6. The molecule has 0 aromatic carbocycles. The number of likely N-dealkylation sites (tertiary alicyclic amines) is 1. The molecule has 2 fully saturated rings. The Hall–Kier alpha value is -1.69. The van der Waals surface area contributed by atoms with E-state index in [1.54, 1.807) is 6.20 Å². The average molecular weight is 317 g/mol. The molecule has 0 spiro atoms. The highest BCUT2D eigenvalue weighted by Crippen LogP contribution is 2.21. The second-order valence-electron chi connectivity index (χ2n) is 6.83. The van der Waals surface area contributed by atoms with Gasteiger partial charge >= 0.3 is 0 Å². The Morgan fingerprint density at radius 3 is 2.35 bits per heavy atom. The molecule has 126 valence electrons. The summed E-state index contributed by atoms with van der Waals surface area (Å²) in [6.07, 6.45) is 4.13. The molecule has 6 heteroatoms. The summed E-state index contributed by atoms with van der Waals surface area (Å²) >= 11 is 0. The summed E-state index contributed by atoms with van der Waals surface area (Å²) in [6, 6.07) is 3.92. The van der Waals surface area contributed by atoms with Crippen molar-refractivity contribution in [2.75, 3.05) is 44.2 Å². The van der Waals surface area contributed by atoms with E-state index in [0.717, 1.165) is 45.1 Å². The van der Waals surface area contributed by atoms with Gasteiger partial charge in [-0.3, -0.25) is 9.69 Å². The molecule has 0 bridgehead atoms. The van der Waals surface area contributed by atoms with Crippen LogP contribution in [0.3, 0.4) is 0 Å². The third-order valence-electron chi connectivity index (χ3n) is 4.89. The Labute approximate surface area is 138 Å². The molecular weight excluding hydrogens is 290 g/mol. The fourth-order valence-electron chi connectivity index (χ4n) is 3.69. The Bertz CT molecular complexity index is 507. The Morgan fingerprint density at radius 2 is 1.78 bits per heavy atom. The molecule has 1 aromatic heterocycles. The van der Waals surface area contributed by atoms with E-state index in [-0.39, 0.29) is 6.04 Å². The van der Waals surface area contributed by atoms with Gasteiger partial charge in [0.1, 0.15) is 0 Å². The first-order chi connectivity index (χ1) is 11.2. The van der Waals surface area contributed by atoms with Crippen molar-refractivity contribution in [1.82, 2.24) is 20.0 Å². The van der Waals surface area contributed by atoms with Gasteiger partial charge in [0.05, 0.1) is 6.04 Å². The molecule has 3 heterocycles. The van der Waals surface area contributed by atoms with Gasteiger partial charge in [-0.05, 0) is 44.0 Å². The molecule has 1 atom stereocenters. The van der Waals surface area contributed by atoms with Crippen LogP contribution < -0.4 is 4.90 Å². The van der Waals surface area contributed by atoms with Crippen LogP contribution in [0.4, 0.5) is 5.82 Å². The first-order valence-corrected chi connectivity index (χ1v) is 8.72. The Kier molecular flexibility index (Phi) is 5.10. The number of aromatic nitrogens is 2. The number of anilines is 1. The fourth-order valence-corrected chi connectivity index (χ4v) is 3.69. The van der Waals surface area contributed by atoms with E-state index >= 15 is 0 Å². The zero-order valence-corrected chi connectivity index (χ0v) is 14.2. The standard InChI is InChI=1S/C17H27N5O/c1-14(2)16(21-8-3-4-9-21)17(23)22-12-10-20(11-13-22)15-6-5-7-18-19-15/h5-7,14,16H,3-4,8-13H2,1-2H3. The number of nitrogens with zero attached hydrogens (tertiary/aromatic N) is 5. The van der Waals surface area contributed by atoms with Crippen LogP contribution in [-0.4, -0.2) is 71.2 Å². The monoisotopic (exact) mass is 317 g/mol. The fraction of sp³-hybridized carbons (Fsp3) is 0.706. The lowest BCUT2D eigenvalue weighted by Gasteiger charge is -2.39. The van der Waals surface area contributed by atoms with Crippen molar-refractivity contribution in [2.24, 2.45) is 5.92 Å². The smallest absolute Gasteiger partial charge is 0.240 e. The number of piperazine rings is 1. The van der Waals surface area contributed by atoms with Crippen molar-refractivity contribution in [3.05, 3.63) is 18.3 Å². The van der Waals surface area contributed by atoms with E-state index in [0.29, 0.717) is 11.8 Å². The van der Waals surface area contributed by atoms with Gasteiger partial charge in [0.15, 0.2) is 5.82 Å². The van der Waals surface area contributed by atoms with E-state index in [1.165, 1.54) is 12.8 Å². The van der Waals surface area contributed by atoms with Gasteiger partial charge in [-0.1, -0.05) is 13.8 Å². The zero-order valence-electron chi connectivity index (χ0n) is 14.2. The minimum absolute atomic E-state index is 0.0422. The van der Waals surface area contributed by atoms with Gasteiger partial charge in [-0.15, -0.1) is 5.10 Å². The Balaban J connectivity index is 1.60. The first kappa shape index (κ1) is 16.2. The number of carbonyl (C=O) groups excluding carboxylic acids is 1. The number of hydrogen-bond donors (Lipinski definition) is 0. The minimum Gasteiger partial charge on any atom is -0.352 e. The summed E-state index contributed by atoms with van der Waals surface area (Å²) in [5.74, 6) is 1.57. The third-order valence-corrected chi connectivity index (χ3v) is 4.89. The van der Waals surface area contributed by atoms with Crippen molar-refractivity contribution in [1.29, 1.82) is 0 Å². The van der Waals surface area contributed by atoms with Gasteiger partial charge < -0.3 is 9.80 Å². The molecule has 2 aliphatic heterocycles. The topological polar surface area (TPSA) is 52.6 Å². The lowest BCUT2D eigenvalue weighted by Crippen LogP contribution is -2.56. The van der Waals surface area contributed by atoms with E-state index in [9.17, 15) is 4.79 Å². The molecule has 0 aliphatic carbocycles. The molecule has 3 rings (SSSR count). The highest BCUT2D eigenvalue weighted by Gasteiger charge is 2.34. The van der Waals surface area contributed by atoms with Crippen LogP contribution in [0.25, 0.3) is 0 Å². The molecular formula is C17H27N5O. The normalized spacial score (nSPS) is 21.0. The van der Waals surface area contributed by atoms with Crippen LogP contribution in [0.1, 0.15) is 26.7 Å². The van der Waals surface area contributed by atoms with Gasteiger partial charge in [0.2, 0.25) is 5.91 Å². The molecule has 1 unspecified atom stereocenters. The quantitative estimate of drug-likeness (QED) is 0.836. The van der Waals surface area contributed by atoms with Crippen molar-refractivity contribution < 1.29 is 4.79 Å². The van der Waals surface area contributed by atoms with Crippen LogP contribution in [-0.2, 0) is 4.79 Å². The van der Waals surface area contributed by atoms with Gasteiger partial charge in [0.25, 0.3) is 0 Å². The molecule has 0 N–H and O–H groups in total. The highest BCUT2D eigenvalue weighted by atomic mass is 16.2. The van der Waals surface area contributed by atoms with Crippen LogP contribution in [0, 0.1) is 5.92 Å². The second kappa shape index (κ2) is 7.25. The largest absolute Gasteiger partial charge is 0.352 e. The summed E-state index contributed by atoms with van der Waals surface area (Å²) in [5.41, 5.74) is 0. The average Bonchev–Trinajstić information content (AvgIpc) is 3.09. The maximum atomic E-state index is 13.0. The molecule has 2 aliphatic rings. The summed E-state index contributed by atoms with van der Waals surface area (Å²) in [6.45, 7) is 9.65. The van der Waals surface area contributed by atoms with Gasteiger partial charge in [-0.2, -0.15) is 5.10 Å². The molecule has 0 radical (unpaired) electrons. The predicted molar refractivity (Wildman–Crippen MR) is 90.3 cm³/mol. The van der Waals surface area contributed by atoms with Crippen LogP contribution >= 0.6 is 0 Å². The van der Waals surface area contributed by atoms with E-state index < -0.39 is 0 Å². The number of rotatable bonds is 4. The molecule has 2 saturated heterocycles. The van der Waals surface area contributed by atoms with Crippen LogP contribution in [0.5, 0.6) is 0 Å². The Morgan fingerprint density at radius 1 is 1.09 bits per heavy atom. The second-order valence-corrected chi connectivity index (χ2v) is 6.83. The molecule has 1 aromatic rings. The molecule has 23 heavy (non-hydrogen) atoms. The maximum absolute atomic E-state index is 13.0. The lowest BCUT2D eigenvalue weighted by atomic mass is 10.0. The van der Waals surface area contributed by atoms with Crippen molar-refractivity contribution in [2.45, 2.75) is 32.7 Å². The van der Waals surface area contributed by atoms with Crippen LogP contribution in [0.15, 0.2) is 18.3 Å². The lowest BCUT2D eigenvalue weighted by molar-refractivity contribution is -0.138. The zero-order chi connectivity index (χ0) is 16.2. The third kappa shape index (κ3) is 3.63. The molecule has 0 saturated carbocycles. The highest BCUT2D eigenvalue weighted by molar-refractivity contribution is 5.82. The minimum atomic E-state index is 0.0422. The van der Waals surface area contributed by atoms with Gasteiger partial charge in [0, 0.05) is 32.4 Å². The number of carbonyl (C=O) groups is 1. The summed E-state index contributed by atoms with van der Waals surface area (Å²) in [5, 5.41) is 8.10. The summed E-state index contributed by atoms with van der Waals surface area (Å²) in [7, 11) is 0. The molecule has 1 amide bonds. The number of amides is 1.